The summed E-state index contributed by atoms with van der Waals surface area (Å²) in [7, 11) is 1.67. The monoisotopic (exact) mass is 264 g/mol. The van der Waals surface area contributed by atoms with E-state index in [9.17, 15) is 4.39 Å². The van der Waals surface area contributed by atoms with E-state index in [1.807, 2.05) is 10.8 Å². The van der Waals surface area contributed by atoms with E-state index in [1.165, 1.54) is 12.3 Å². The third-order valence-electron chi connectivity index (χ3n) is 2.60. The summed E-state index contributed by atoms with van der Waals surface area (Å²) in [6, 6.07) is 1.48. The average molecular weight is 264 g/mol. The van der Waals surface area contributed by atoms with Crippen molar-refractivity contribution in [3.8, 4) is 0 Å². The smallest absolute Gasteiger partial charge is 0.141 e. The van der Waals surface area contributed by atoms with Crippen LogP contribution >= 0.6 is 0 Å². The predicted molar refractivity (Wildman–Crippen MR) is 69.1 cm³/mol. The molecule has 2 aromatic heterocycles. The van der Waals surface area contributed by atoms with Crippen molar-refractivity contribution in [2.24, 2.45) is 0 Å². The fraction of sp³-hybridized carbons (Fsp3) is 0.385. The number of methoxy groups -OCH3 is 1. The van der Waals surface area contributed by atoms with Gasteiger partial charge < -0.3 is 14.6 Å². The van der Waals surface area contributed by atoms with Crippen LogP contribution in [0.3, 0.4) is 0 Å². The van der Waals surface area contributed by atoms with E-state index in [0.717, 1.165) is 17.8 Å². The van der Waals surface area contributed by atoms with E-state index >= 15 is 0 Å². The Labute approximate surface area is 111 Å². The summed E-state index contributed by atoms with van der Waals surface area (Å²) in [5, 5.41) is 3.22. The number of hydrogen-bond donors (Lipinski definition) is 1. The normalized spacial score (nSPS) is 10.8. The lowest BCUT2D eigenvalue weighted by molar-refractivity contribution is 0.199. The highest BCUT2D eigenvalue weighted by atomic mass is 19.1. The summed E-state index contributed by atoms with van der Waals surface area (Å²) in [5.74, 6) is -0.320. The molecule has 0 aliphatic rings. The molecular formula is C13H17FN4O. The topological polar surface area (TPSA) is 52.0 Å². The maximum atomic E-state index is 13.0. The van der Waals surface area contributed by atoms with Gasteiger partial charge >= 0.3 is 0 Å². The highest BCUT2D eigenvalue weighted by Gasteiger charge is 2.01. The number of nitrogens with zero attached hydrogens (tertiary/aromatic N) is 3. The van der Waals surface area contributed by atoms with Crippen LogP contribution in [0.1, 0.15) is 11.3 Å². The number of halogens is 1. The van der Waals surface area contributed by atoms with Crippen LogP contribution in [0.25, 0.3) is 0 Å². The summed E-state index contributed by atoms with van der Waals surface area (Å²) < 4.78 is 19.9. The average Bonchev–Trinajstić information content (AvgIpc) is 2.82. The molecule has 0 aliphatic heterocycles. The Bertz CT molecular complexity index is 515. The number of hydrogen-bond acceptors (Lipinski definition) is 4. The maximum Gasteiger partial charge on any atom is 0.141 e. The quantitative estimate of drug-likeness (QED) is 0.764. The first-order chi connectivity index (χ1) is 9.28. The van der Waals surface area contributed by atoms with Gasteiger partial charge in [0.25, 0.3) is 0 Å². The molecule has 0 fully saturated rings. The first-order valence-corrected chi connectivity index (χ1v) is 6.07. The lowest BCUT2D eigenvalue weighted by Gasteiger charge is -2.02. The van der Waals surface area contributed by atoms with Crippen molar-refractivity contribution < 1.29 is 9.13 Å². The van der Waals surface area contributed by atoms with Crippen LogP contribution in [0, 0.1) is 5.82 Å². The molecule has 2 rings (SSSR count). The Kier molecular flexibility index (Phi) is 5.00. The molecule has 0 radical (unpaired) electrons. The van der Waals surface area contributed by atoms with E-state index in [0.29, 0.717) is 19.7 Å². The SMILES string of the molecule is COCCNCc1cn(Cc2cncc(F)c2)cn1. The molecule has 0 unspecified atom stereocenters. The first-order valence-electron chi connectivity index (χ1n) is 6.07. The summed E-state index contributed by atoms with van der Waals surface area (Å²) >= 11 is 0. The van der Waals surface area contributed by atoms with Gasteiger partial charge in [-0.15, -0.1) is 0 Å². The minimum Gasteiger partial charge on any atom is -0.383 e. The van der Waals surface area contributed by atoms with Crippen molar-refractivity contribution in [1.29, 1.82) is 0 Å². The predicted octanol–water partition coefficient (Wildman–Crippen LogP) is 1.20. The molecule has 2 heterocycles. The van der Waals surface area contributed by atoms with E-state index in [2.05, 4.69) is 15.3 Å². The van der Waals surface area contributed by atoms with Crippen molar-refractivity contribution in [2.45, 2.75) is 13.1 Å². The van der Waals surface area contributed by atoms with Gasteiger partial charge in [0.05, 0.1) is 31.4 Å². The number of imidazole rings is 1. The zero-order valence-electron chi connectivity index (χ0n) is 10.8. The standard InChI is InChI=1S/C13H17FN4O/c1-19-3-2-15-7-13-9-18(10-17-13)8-11-4-12(14)6-16-5-11/h4-6,9-10,15H,2-3,7-8H2,1H3. The number of pyridine rings is 1. The van der Waals surface area contributed by atoms with Crippen molar-refractivity contribution >= 4 is 0 Å². The van der Waals surface area contributed by atoms with Crippen LogP contribution in [0.4, 0.5) is 4.39 Å². The number of ether oxygens (including phenoxy) is 1. The van der Waals surface area contributed by atoms with Gasteiger partial charge in [-0.25, -0.2) is 9.37 Å². The Morgan fingerprint density at radius 1 is 1.42 bits per heavy atom. The van der Waals surface area contributed by atoms with Crippen LogP contribution in [-0.4, -0.2) is 34.8 Å². The Morgan fingerprint density at radius 2 is 2.32 bits per heavy atom. The highest BCUT2D eigenvalue weighted by molar-refractivity contribution is 5.11. The van der Waals surface area contributed by atoms with Crippen LogP contribution in [0.15, 0.2) is 31.0 Å². The molecule has 0 amide bonds. The molecule has 0 bridgehead atoms. The number of aromatic nitrogens is 3. The van der Waals surface area contributed by atoms with Crippen LogP contribution < -0.4 is 5.32 Å². The minimum atomic E-state index is -0.320. The molecule has 5 nitrogen and oxygen atoms in total. The third kappa shape index (κ3) is 4.42. The molecule has 0 aliphatic carbocycles. The van der Waals surface area contributed by atoms with E-state index in [1.54, 1.807) is 19.6 Å². The van der Waals surface area contributed by atoms with Gasteiger partial charge in [0, 0.05) is 32.6 Å². The van der Waals surface area contributed by atoms with Gasteiger partial charge in [-0.2, -0.15) is 0 Å². The summed E-state index contributed by atoms with van der Waals surface area (Å²) in [4.78, 5) is 8.10. The molecule has 2 aromatic rings. The van der Waals surface area contributed by atoms with Gasteiger partial charge in [0.1, 0.15) is 5.82 Å². The van der Waals surface area contributed by atoms with Gasteiger partial charge in [-0.1, -0.05) is 0 Å². The molecule has 0 saturated carbocycles. The molecule has 0 saturated heterocycles. The summed E-state index contributed by atoms with van der Waals surface area (Å²) in [6.45, 7) is 2.72. The largest absolute Gasteiger partial charge is 0.383 e. The van der Waals surface area contributed by atoms with E-state index in [4.69, 9.17) is 4.74 Å². The number of rotatable bonds is 7. The third-order valence-corrected chi connectivity index (χ3v) is 2.60. The highest BCUT2D eigenvalue weighted by Crippen LogP contribution is 2.05. The van der Waals surface area contributed by atoms with Crippen LogP contribution in [0.5, 0.6) is 0 Å². The lowest BCUT2D eigenvalue weighted by Crippen LogP contribution is -2.18. The molecule has 6 heteroatoms. The van der Waals surface area contributed by atoms with E-state index in [-0.39, 0.29) is 5.82 Å². The Balaban J connectivity index is 1.87. The fourth-order valence-electron chi connectivity index (χ4n) is 1.73. The second-order valence-electron chi connectivity index (χ2n) is 4.22. The van der Waals surface area contributed by atoms with Crippen molar-refractivity contribution in [2.75, 3.05) is 20.3 Å². The summed E-state index contributed by atoms with van der Waals surface area (Å²) in [5.41, 5.74) is 1.76. The summed E-state index contributed by atoms with van der Waals surface area (Å²) in [6.07, 6.45) is 6.52. The molecular weight excluding hydrogens is 247 g/mol. The first kappa shape index (κ1) is 13.6. The minimum absolute atomic E-state index is 0.320. The van der Waals surface area contributed by atoms with Crippen molar-refractivity contribution in [3.05, 3.63) is 48.1 Å². The molecule has 19 heavy (non-hydrogen) atoms. The van der Waals surface area contributed by atoms with Gasteiger partial charge in [-0.3, -0.25) is 4.98 Å². The Morgan fingerprint density at radius 3 is 3.11 bits per heavy atom. The molecule has 0 atom stereocenters. The molecule has 0 spiro atoms. The van der Waals surface area contributed by atoms with Crippen molar-refractivity contribution in [3.63, 3.8) is 0 Å². The zero-order chi connectivity index (χ0) is 13.5. The molecule has 1 N–H and O–H groups in total. The fourth-order valence-corrected chi connectivity index (χ4v) is 1.73. The zero-order valence-corrected chi connectivity index (χ0v) is 10.8. The lowest BCUT2D eigenvalue weighted by atomic mass is 10.3. The second-order valence-corrected chi connectivity index (χ2v) is 4.22. The second kappa shape index (κ2) is 6.96. The van der Waals surface area contributed by atoms with Crippen molar-refractivity contribution in [1.82, 2.24) is 19.9 Å². The molecule has 0 aromatic carbocycles. The van der Waals surface area contributed by atoms with E-state index < -0.39 is 0 Å². The van der Waals surface area contributed by atoms with Crippen LogP contribution in [-0.2, 0) is 17.8 Å². The number of nitrogens with one attached hydrogen (secondary N) is 1. The van der Waals surface area contributed by atoms with Gasteiger partial charge in [-0.05, 0) is 11.6 Å². The Hall–Kier alpha value is -1.79. The van der Waals surface area contributed by atoms with Gasteiger partial charge in [0.2, 0.25) is 0 Å². The maximum absolute atomic E-state index is 13.0. The van der Waals surface area contributed by atoms with Crippen LogP contribution in [0.2, 0.25) is 0 Å². The molecule has 102 valence electrons. The van der Waals surface area contributed by atoms with Gasteiger partial charge in [0.15, 0.2) is 0 Å².